The Morgan fingerprint density at radius 1 is 0.952 bits per heavy atom. The van der Waals surface area contributed by atoms with Gasteiger partial charge in [0.1, 0.15) is 0 Å². The summed E-state index contributed by atoms with van der Waals surface area (Å²) in [6.07, 6.45) is 2.10. The first kappa shape index (κ1) is 13.4. The lowest BCUT2D eigenvalue weighted by Gasteiger charge is -2.34. The van der Waals surface area contributed by atoms with Crippen LogP contribution in [0.2, 0.25) is 0 Å². The lowest BCUT2D eigenvalue weighted by molar-refractivity contribution is 0.221. The quantitative estimate of drug-likeness (QED) is 0.817. The normalized spacial score (nSPS) is 15.1. The molecule has 2 amide bonds. The summed E-state index contributed by atoms with van der Waals surface area (Å²) in [4.78, 5) is 16.1. The van der Waals surface area contributed by atoms with Crippen LogP contribution in [-0.2, 0) is 0 Å². The van der Waals surface area contributed by atoms with Gasteiger partial charge in [0.2, 0.25) is 0 Å². The van der Waals surface area contributed by atoms with Gasteiger partial charge in [-0.05, 0) is 30.7 Å². The van der Waals surface area contributed by atoms with Gasteiger partial charge in [0.25, 0.3) is 0 Å². The molecule has 0 aromatic heterocycles. The predicted octanol–water partition coefficient (Wildman–Crippen LogP) is 3.91. The van der Waals surface area contributed by atoms with Gasteiger partial charge in [-0.2, -0.15) is 0 Å². The molecule has 3 nitrogen and oxygen atoms in total. The van der Waals surface area contributed by atoms with Crippen LogP contribution in [0.1, 0.15) is 11.1 Å². The van der Waals surface area contributed by atoms with Crippen LogP contribution in [0.25, 0.3) is 5.70 Å². The Hall–Kier alpha value is -2.55. The maximum atomic E-state index is 12.6. The number of benzene rings is 2. The van der Waals surface area contributed by atoms with Crippen LogP contribution in [0, 0.1) is 6.92 Å². The van der Waals surface area contributed by atoms with E-state index in [4.69, 9.17) is 0 Å². The zero-order chi connectivity index (χ0) is 14.8. The Bertz CT molecular complexity index is 674. The minimum absolute atomic E-state index is 0.000671. The molecule has 2 aromatic rings. The molecule has 21 heavy (non-hydrogen) atoms. The van der Waals surface area contributed by atoms with Crippen molar-refractivity contribution in [1.82, 2.24) is 4.90 Å². The maximum absolute atomic E-state index is 12.6. The van der Waals surface area contributed by atoms with Crippen molar-refractivity contribution in [2.75, 3.05) is 18.5 Å². The molecule has 0 saturated heterocycles. The highest BCUT2D eigenvalue weighted by Crippen LogP contribution is 2.30. The summed E-state index contributed by atoms with van der Waals surface area (Å²) in [7, 11) is 1.82. The lowest BCUT2D eigenvalue weighted by atomic mass is 10.1. The second kappa shape index (κ2) is 5.44. The SMILES string of the molecule is Cc1ccc(C2=CCN(C)C(=O)N2c2ccccc2)cc1. The van der Waals surface area contributed by atoms with Gasteiger partial charge in [-0.3, -0.25) is 4.90 Å². The molecule has 1 heterocycles. The van der Waals surface area contributed by atoms with E-state index in [1.807, 2.05) is 37.4 Å². The van der Waals surface area contributed by atoms with Crippen molar-refractivity contribution < 1.29 is 4.79 Å². The lowest BCUT2D eigenvalue weighted by Crippen LogP contribution is -2.44. The molecule has 0 aliphatic carbocycles. The molecule has 0 unspecified atom stereocenters. The maximum Gasteiger partial charge on any atom is 0.329 e. The number of hydrogen-bond acceptors (Lipinski definition) is 1. The van der Waals surface area contributed by atoms with Gasteiger partial charge in [-0.15, -0.1) is 0 Å². The van der Waals surface area contributed by atoms with Crippen molar-refractivity contribution in [3.8, 4) is 0 Å². The monoisotopic (exact) mass is 278 g/mol. The number of rotatable bonds is 2. The summed E-state index contributed by atoms with van der Waals surface area (Å²) < 4.78 is 0. The van der Waals surface area contributed by atoms with Crippen molar-refractivity contribution in [3.05, 3.63) is 71.8 Å². The average Bonchev–Trinajstić information content (AvgIpc) is 2.52. The molecule has 0 bridgehead atoms. The molecule has 0 N–H and O–H groups in total. The van der Waals surface area contributed by atoms with Gasteiger partial charge in [0, 0.05) is 13.6 Å². The number of aryl methyl sites for hydroxylation is 1. The molecule has 2 aromatic carbocycles. The third-order valence-corrected chi connectivity index (χ3v) is 3.68. The Labute approximate surface area is 125 Å². The molecule has 0 fully saturated rings. The van der Waals surface area contributed by atoms with Crippen LogP contribution in [0.15, 0.2) is 60.7 Å². The summed E-state index contributed by atoms with van der Waals surface area (Å²) in [6.45, 7) is 2.69. The highest BCUT2D eigenvalue weighted by molar-refractivity contribution is 6.06. The van der Waals surface area contributed by atoms with Crippen LogP contribution in [0.3, 0.4) is 0 Å². The molecule has 1 aliphatic heterocycles. The number of para-hydroxylation sites is 1. The third kappa shape index (κ3) is 2.55. The third-order valence-electron chi connectivity index (χ3n) is 3.68. The summed E-state index contributed by atoms with van der Waals surface area (Å²) >= 11 is 0. The molecule has 0 radical (unpaired) electrons. The number of nitrogens with zero attached hydrogens (tertiary/aromatic N) is 2. The molecule has 106 valence electrons. The first-order valence-corrected chi connectivity index (χ1v) is 7.04. The summed E-state index contributed by atoms with van der Waals surface area (Å²) in [6, 6.07) is 18.0. The second-order valence-corrected chi connectivity index (χ2v) is 5.29. The van der Waals surface area contributed by atoms with Crippen LogP contribution >= 0.6 is 0 Å². The van der Waals surface area contributed by atoms with Gasteiger partial charge >= 0.3 is 6.03 Å². The predicted molar refractivity (Wildman–Crippen MR) is 86.1 cm³/mol. The van der Waals surface area contributed by atoms with Gasteiger partial charge in [0.15, 0.2) is 0 Å². The standard InChI is InChI=1S/C18H18N2O/c1-14-8-10-15(11-9-14)17-12-13-19(2)18(21)20(17)16-6-4-3-5-7-16/h3-12H,13H2,1-2H3. The highest BCUT2D eigenvalue weighted by Gasteiger charge is 2.27. The Balaban J connectivity index is 2.08. The number of carbonyl (C=O) groups is 1. The number of hydrogen-bond donors (Lipinski definition) is 0. The topological polar surface area (TPSA) is 23.6 Å². The first-order valence-electron chi connectivity index (χ1n) is 7.04. The van der Waals surface area contributed by atoms with E-state index in [2.05, 4.69) is 37.3 Å². The zero-order valence-electron chi connectivity index (χ0n) is 12.3. The fraction of sp³-hybridized carbons (Fsp3) is 0.167. The number of amides is 2. The second-order valence-electron chi connectivity index (χ2n) is 5.29. The zero-order valence-corrected chi connectivity index (χ0v) is 12.3. The minimum atomic E-state index is -0.000671. The molecule has 3 heteroatoms. The number of likely N-dealkylation sites (N-methyl/N-ethyl adjacent to an activating group) is 1. The van der Waals surface area contributed by atoms with E-state index in [9.17, 15) is 4.79 Å². The van der Waals surface area contributed by atoms with Gasteiger partial charge in [-0.25, -0.2) is 4.79 Å². The van der Waals surface area contributed by atoms with Crippen LogP contribution in [0.5, 0.6) is 0 Å². The molecule has 0 atom stereocenters. The fourth-order valence-corrected chi connectivity index (χ4v) is 2.46. The van der Waals surface area contributed by atoms with Gasteiger partial charge in [0.05, 0.1) is 11.4 Å². The van der Waals surface area contributed by atoms with E-state index >= 15 is 0 Å². The largest absolute Gasteiger partial charge is 0.329 e. The number of anilines is 1. The smallest absolute Gasteiger partial charge is 0.323 e. The van der Waals surface area contributed by atoms with Crippen LogP contribution in [-0.4, -0.2) is 24.5 Å². The Kier molecular flexibility index (Phi) is 3.48. The van der Waals surface area contributed by atoms with Crippen molar-refractivity contribution in [2.45, 2.75) is 6.92 Å². The summed E-state index contributed by atoms with van der Waals surface area (Å²) in [5.74, 6) is 0. The van der Waals surface area contributed by atoms with E-state index in [0.29, 0.717) is 6.54 Å². The van der Waals surface area contributed by atoms with Crippen molar-refractivity contribution in [3.63, 3.8) is 0 Å². The number of carbonyl (C=O) groups excluding carboxylic acids is 1. The Morgan fingerprint density at radius 2 is 1.62 bits per heavy atom. The molecule has 0 spiro atoms. The van der Waals surface area contributed by atoms with Crippen molar-refractivity contribution in [2.24, 2.45) is 0 Å². The summed E-state index contributed by atoms with van der Waals surface area (Å²) in [5, 5.41) is 0. The Morgan fingerprint density at radius 3 is 2.29 bits per heavy atom. The fourth-order valence-electron chi connectivity index (χ4n) is 2.46. The van der Waals surface area contributed by atoms with E-state index in [1.54, 1.807) is 9.80 Å². The van der Waals surface area contributed by atoms with E-state index in [-0.39, 0.29) is 6.03 Å². The summed E-state index contributed by atoms with van der Waals surface area (Å²) in [5.41, 5.74) is 4.11. The molecular formula is C18H18N2O. The molecule has 0 saturated carbocycles. The van der Waals surface area contributed by atoms with Gasteiger partial charge < -0.3 is 4.90 Å². The van der Waals surface area contributed by atoms with E-state index in [1.165, 1.54) is 5.56 Å². The van der Waals surface area contributed by atoms with E-state index in [0.717, 1.165) is 16.9 Å². The molecule has 3 rings (SSSR count). The van der Waals surface area contributed by atoms with Crippen molar-refractivity contribution >= 4 is 17.4 Å². The molecular weight excluding hydrogens is 260 g/mol. The first-order chi connectivity index (χ1) is 10.2. The number of urea groups is 1. The minimum Gasteiger partial charge on any atom is -0.323 e. The molecule has 1 aliphatic rings. The average molecular weight is 278 g/mol. The van der Waals surface area contributed by atoms with Gasteiger partial charge in [-0.1, -0.05) is 48.0 Å². The van der Waals surface area contributed by atoms with Crippen LogP contribution in [0.4, 0.5) is 10.5 Å². The van der Waals surface area contributed by atoms with Crippen molar-refractivity contribution in [1.29, 1.82) is 0 Å². The highest BCUT2D eigenvalue weighted by atomic mass is 16.2. The van der Waals surface area contributed by atoms with E-state index < -0.39 is 0 Å². The van der Waals surface area contributed by atoms with Crippen LogP contribution < -0.4 is 4.90 Å².